The molecule has 7 heteroatoms. The van der Waals surface area contributed by atoms with E-state index < -0.39 is 17.1 Å². The van der Waals surface area contributed by atoms with Gasteiger partial charge in [0.05, 0.1) is 17.1 Å². The minimum Gasteiger partial charge on any atom is -0.504 e. The highest BCUT2D eigenvalue weighted by Crippen LogP contribution is 2.66. The molecule has 3 aliphatic carbocycles. The molecule has 0 radical (unpaired) electrons. The SMILES string of the molecule is CN(C(=O)C=Cc1cccc(F)c1)[C@@H]1CC[C@@]2(O)[C@H]3Cc4ccc(O)c5c4[C@@]2(CCN3CC2CC2)[C@H]1O5. The van der Waals surface area contributed by atoms with Crippen LogP contribution in [0, 0.1) is 11.7 Å². The molecule has 5 atom stereocenters. The van der Waals surface area contributed by atoms with Crippen molar-refractivity contribution in [2.75, 3.05) is 20.1 Å². The summed E-state index contributed by atoms with van der Waals surface area (Å²) < 4.78 is 20.2. The van der Waals surface area contributed by atoms with Gasteiger partial charge in [-0.25, -0.2) is 4.39 Å². The van der Waals surface area contributed by atoms with E-state index in [9.17, 15) is 19.4 Å². The number of hydrogen-bond donors (Lipinski definition) is 2. The molecular formula is C30H33FN2O4. The van der Waals surface area contributed by atoms with Gasteiger partial charge in [0.15, 0.2) is 11.5 Å². The number of likely N-dealkylation sites (N-methyl/N-ethyl adjacent to an activating group) is 1. The fourth-order valence-corrected chi connectivity index (χ4v) is 7.91. The molecule has 2 aromatic rings. The number of likely N-dealkylation sites (tertiary alicyclic amines) is 1. The second-order valence-corrected chi connectivity index (χ2v) is 11.7. The smallest absolute Gasteiger partial charge is 0.246 e. The van der Waals surface area contributed by atoms with E-state index in [1.54, 1.807) is 36.2 Å². The Balaban J connectivity index is 1.25. The molecule has 0 unspecified atom stereocenters. The van der Waals surface area contributed by atoms with Gasteiger partial charge in [-0.15, -0.1) is 0 Å². The van der Waals surface area contributed by atoms with Gasteiger partial charge < -0.3 is 19.8 Å². The zero-order valence-corrected chi connectivity index (χ0v) is 21.1. The number of benzene rings is 2. The maximum absolute atomic E-state index is 13.6. The lowest BCUT2D eigenvalue weighted by Gasteiger charge is -2.64. The molecule has 6 nitrogen and oxygen atoms in total. The van der Waals surface area contributed by atoms with Crippen molar-refractivity contribution in [1.82, 2.24) is 9.80 Å². The molecule has 0 aromatic heterocycles. The number of rotatable bonds is 5. The predicted molar refractivity (Wildman–Crippen MR) is 137 cm³/mol. The largest absolute Gasteiger partial charge is 0.504 e. The van der Waals surface area contributed by atoms with Gasteiger partial charge >= 0.3 is 0 Å². The average molecular weight is 505 g/mol. The Labute approximate surface area is 216 Å². The van der Waals surface area contributed by atoms with Crippen LogP contribution in [-0.4, -0.2) is 69.8 Å². The molecule has 2 aliphatic heterocycles. The number of carbonyl (C=O) groups is 1. The first kappa shape index (κ1) is 23.2. The van der Waals surface area contributed by atoms with Crippen molar-refractivity contribution in [3.8, 4) is 11.5 Å². The number of halogens is 1. The summed E-state index contributed by atoms with van der Waals surface area (Å²) in [5.41, 5.74) is 1.09. The van der Waals surface area contributed by atoms with Gasteiger partial charge in [-0.1, -0.05) is 18.2 Å². The normalized spacial score (nSPS) is 33.8. The van der Waals surface area contributed by atoms with Crippen LogP contribution in [0.15, 0.2) is 42.5 Å². The Bertz CT molecular complexity index is 1310. The van der Waals surface area contributed by atoms with Gasteiger partial charge in [-0.05, 0) is 86.4 Å². The molecular weight excluding hydrogens is 471 g/mol. The van der Waals surface area contributed by atoms with E-state index in [0.29, 0.717) is 24.2 Å². The third-order valence-corrected chi connectivity index (χ3v) is 9.84. The topological polar surface area (TPSA) is 73.2 Å². The van der Waals surface area contributed by atoms with Crippen molar-refractivity contribution in [3.63, 3.8) is 0 Å². The monoisotopic (exact) mass is 504 g/mol. The molecule has 194 valence electrons. The molecule has 2 N–H and O–H groups in total. The number of aliphatic hydroxyl groups is 1. The van der Waals surface area contributed by atoms with Crippen LogP contribution in [0.1, 0.15) is 48.8 Å². The Morgan fingerprint density at radius 2 is 2.08 bits per heavy atom. The van der Waals surface area contributed by atoms with E-state index in [4.69, 9.17) is 4.74 Å². The Kier molecular flexibility index (Phi) is 5.05. The number of ether oxygens (including phenoxy) is 1. The van der Waals surface area contributed by atoms with Crippen LogP contribution in [-0.2, 0) is 16.6 Å². The van der Waals surface area contributed by atoms with Crippen LogP contribution < -0.4 is 4.74 Å². The molecule has 1 saturated heterocycles. The lowest BCUT2D eigenvalue weighted by Crippen LogP contribution is -2.78. The van der Waals surface area contributed by atoms with Gasteiger partial charge in [0, 0.05) is 31.3 Å². The highest BCUT2D eigenvalue weighted by Gasteiger charge is 2.73. The van der Waals surface area contributed by atoms with Crippen LogP contribution in [0.5, 0.6) is 11.5 Å². The Hall–Kier alpha value is -2.90. The van der Waals surface area contributed by atoms with Gasteiger partial charge in [-0.3, -0.25) is 9.69 Å². The molecule has 1 spiro atoms. The molecule has 2 bridgehead atoms. The highest BCUT2D eigenvalue weighted by molar-refractivity contribution is 5.92. The van der Waals surface area contributed by atoms with E-state index in [2.05, 4.69) is 4.90 Å². The number of carbonyl (C=O) groups excluding carboxylic acids is 1. The molecule has 2 aromatic carbocycles. The van der Waals surface area contributed by atoms with E-state index in [0.717, 1.165) is 43.0 Å². The predicted octanol–water partition coefficient (Wildman–Crippen LogP) is 3.64. The first-order valence-corrected chi connectivity index (χ1v) is 13.5. The van der Waals surface area contributed by atoms with Crippen molar-refractivity contribution in [2.45, 2.75) is 67.7 Å². The summed E-state index contributed by atoms with van der Waals surface area (Å²) in [7, 11) is 1.78. The summed E-state index contributed by atoms with van der Waals surface area (Å²) in [6.07, 6.45) is 7.85. The van der Waals surface area contributed by atoms with Gasteiger partial charge in [0.25, 0.3) is 0 Å². The van der Waals surface area contributed by atoms with E-state index in [1.165, 1.54) is 31.1 Å². The third-order valence-electron chi connectivity index (χ3n) is 9.84. The van der Waals surface area contributed by atoms with Crippen LogP contribution >= 0.6 is 0 Å². The summed E-state index contributed by atoms with van der Waals surface area (Å²) in [4.78, 5) is 17.5. The van der Waals surface area contributed by atoms with E-state index in [1.807, 2.05) is 6.07 Å². The maximum atomic E-state index is 13.6. The van der Waals surface area contributed by atoms with Crippen LogP contribution in [0.4, 0.5) is 4.39 Å². The quantitative estimate of drug-likeness (QED) is 0.609. The molecule has 1 amide bonds. The van der Waals surface area contributed by atoms with Crippen LogP contribution in [0.3, 0.4) is 0 Å². The lowest BCUT2D eigenvalue weighted by molar-refractivity contribution is -0.200. The van der Waals surface area contributed by atoms with Crippen molar-refractivity contribution in [2.24, 2.45) is 5.92 Å². The average Bonchev–Trinajstić information content (AvgIpc) is 3.62. The number of amides is 1. The first-order valence-electron chi connectivity index (χ1n) is 13.5. The standard InChI is InChI=1S/C30H33FN2O4/c1-32(25(35)10-7-18-3-2-4-21(31)15-18)22-11-12-30(36)24-16-20-8-9-23(34)27-26(20)29(30,28(22)37-27)13-14-33(24)17-19-5-6-19/h2-4,7-10,15,19,22,24,28,34,36H,5-6,11-14,16-17H2,1H3/t22-,24-,28+,29+,30-/m1/s1. The number of piperidine rings is 1. The maximum Gasteiger partial charge on any atom is 0.246 e. The first-order chi connectivity index (χ1) is 17.8. The molecule has 5 aliphatic rings. The Morgan fingerprint density at radius 3 is 2.86 bits per heavy atom. The summed E-state index contributed by atoms with van der Waals surface area (Å²) in [5, 5.41) is 23.4. The second kappa shape index (κ2) is 8.05. The molecule has 2 saturated carbocycles. The van der Waals surface area contributed by atoms with E-state index in [-0.39, 0.29) is 29.6 Å². The molecule has 37 heavy (non-hydrogen) atoms. The number of phenols is 1. The zero-order chi connectivity index (χ0) is 25.5. The van der Waals surface area contributed by atoms with Crippen LogP contribution in [0.2, 0.25) is 0 Å². The fourth-order valence-electron chi connectivity index (χ4n) is 7.91. The number of aromatic hydroxyl groups is 1. The Morgan fingerprint density at radius 1 is 1.24 bits per heavy atom. The number of phenolic OH excluding ortho intramolecular Hbond substituents is 1. The second-order valence-electron chi connectivity index (χ2n) is 11.7. The van der Waals surface area contributed by atoms with E-state index >= 15 is 0 Å². The van der Waals surface area contributed by atoms with Crippen molar-refractivity contribution >= 4 is 12.0 Å². The zero-order valence-electron chi connectivity index (χ0n) is 21.1. The highest BCUT2D eigenvalue weighted by atomic mass is 19.1. The fraction of sp³-hybridized carbons (Fsp3) is 0.500. The third kappa shape index (κ3) is 3.26. The summed E-state index contributed by atoms with van der Waals surface area (Å²) in [6, 6.07) is 9.58. The van der Waals surface area contributed by atoms with Gasteiger partial charge in [-0.2, -0.15) is 0 Å². The lowest BCUT2D eigenvalue weighted by atomic mass is 9.48. The minimum absolute atomic E-state index is 0.00535. The van der Waals surface area contributed by atoms with Crippen LogP contribution in [0.25, 0.3) is 6.08 Å². The molecule has 3 fully saturated rings. The minimum atomic E-state index is -0.978. The molecule has 7 rings (SSSR count). The summed E-state index contributed by atoms with van der Waals surface area (Å²) in [6.45, 7) is 1.91. The summed E-state index contributed by atoms with van der Waals surface area (Å²) in [5.74, 6) is 0.774. The molecule has 2 heterocycles. The van der Waals surface area contributed by atoms with Crippen molar-refractivity contribution in [1.29, 1.82) is 0 Å². The summed E-state index contributed by atoms with van der Waals surface area (Å²) >= 11 is 0. The number of nitrogens with zero attached hydrogens (tertiary/aromatic N) is 2. The van der Waals surface area contributed by atoms with Gasteiger partial charge in [0.1, 0.15) is 11.9 Å². The van der Waals surface area contributed by atoms with Crippen molar-refractivity contribution < 1.29 is 24.1 Å². The van der Waals surface area contributed by atoms with Crippen molar-refractivity contribution in [3.05, 3.63) is 65.0 Å². The number of hydrogen-bond acceptors (Lipinski definition) is 5. The van der Waals surface area contributed by atoms with Gasteiger partial charge in [0.2, 0.25) is 5.91 Å².